The Hall–Kier alpha value is -1.77. The van der Waals surface area contributed by atoms with Crippen molar-refractivity contribution in [1.29, 1.82) is 0 Å². The molecule has 0 aliphatic carbocycles. The van der Waals surface area contributed by atoms with Crippen LogP contribution in [0.4, 0.5) is 5.69 Å². The molecular formula is C15H20N2O. The van der Waals surface area contributed by atoms with Gasteiger partial charge in [-0.1, -0.05) is 0 Å². The summed E-state index contributed by atoms with van der Waals surface area (Å²) in [6.07, 6.45) is 3.72. The van der Waals surface area contributed by atoms with Gasteiger partial charge in [0.05, 0.1) is 17.6 Å². The van der Waals surface area contributed by atoms with E-state index in [4.69, 9.17) is 4.42 Å². The van der Waals surface area contributed by atoms with E-state index in [-0.39, 0.29) is 0 Å². The largest absolute Gasteiger partial charge is 0.469 e. The number of pyridine rings is 1. The summed E-state index contributed by atoms with van der Waals surface area (Å²) in [4.78, 5) is 4.46. The summed E-state index contributed by atoms with van der Waals surface area (Å²) in [5.74, 6) is 1.04. The minimum atomic E-state index is 0.401. The smallest absolute Gasteiger partial charge is 0.103 e. The molecule has 1 N–H and O–H groups in total. The lowest BCUT2D eigenvalue weighted by Crippen LogP contribution is -2.17. The summed E-state index contributed by atoms with van der Waals surface area (Å²) in [7, 11) is 0. The van der Waals surface area contributed by atoms with Crippen LogP contribution >= 0.6 is 0 Å². The van der Waals surface area contributed by atoms with Gasteiger partial charge in [0, 0.05) is 18.2 Å². The highest BCUT2D eigenvalue weighted by Gasteiger charge is 2.06. The zero-order valence-electron chi connectivity index (χ0n) is 11.2. The highest BCUT2D eigenvalue weighted by molar-refractivity contribution is 5.48. The first-order chi connectivity index (χ1) is 8.65. The number of nitrogens with one attached hydrogen (secondary N) is 1. The summed E-state index contributed by atoms with van der Waals surface area (Å²) in [6.45, 7) is 6.23. The summed E-state index contributed by atoms with van der Waals surface area (Å²) in [5.41, 5.74) is 3.23. The lowest BCUT2D eigenvalue weighted by atomic mass is 10.1. The molecule has 18 heavy (non-hydrogen) atoms. The van der Waals surface area contributed by atoms with Crippen LogP contribution in [0.25, 0.3) is 0 Å². The van der Waals surface area contributed by atoms with Crippen molar-refractivity contribution in [3.63, 3.8) is 0 Å². The van der Waals surface area contributed by atoms with Gasteiger partial charge in [0.2, 0.25) is 0 Å². The van der Waals surface area contributed by atoms with Crippen LogP contribution in [0.15, 0.2) is 34.9 Å². The Labute approximate surface area is 108 Å². The Bertz CT molecular complexity index is 491. The first-order valence-electron chi connectivity index (χ1n) is 6.38. The molecule has 1 atom stereocenters. The van der Waals surface area contributed by atoms with Crippen LogP contribution in [0.2, 0.25) is 0 Å². The number of nitrogens with zero attached hydrogens (tertiary/aromatic N) is 1. The van der Waals surface area contributed by atoms with Crippen LogP contribution in [0.3, 0.4) is 0 Å². The molecule has 2 aromatic heterocycles. The third kappa shape index (κ3) is 3.36. The lowest BCUT2D eigenvalue weighted by molar-refractivity contribution is 0.495. The third-order valence-corrected chi connectivity index (χ3v) is 3.03. The van der Waals surface area contributed by atoms with Crippen molar-refractivity contribution in [2.24, 2.45) is 0 Å². The first kappa shape index (κ1) is 12.7. The Balaban J connectivity index is 1.88. The molecule has 0 aromatic carbocycles. The van der Waals surface area contributed by atoms with Gasteiger partial charge in [0.1, 0.15) is 5.76 Å². The van der Waals surface area contributed by atoms with Crippen molar-refractivity contribution in [1.82, 2.24) is 4.98 Å². The molecule has 96 valence electrons. The van der Waals surface area contributed by atoms with Crippen molar-refractivity contribution in [2.75, 3.05) is 5.32 Å². The van der Waals surface area contributed by atoms with Crippen molar-refractivity contribution in [3.05, 3.63) is 47.7 Å². The van der Waals surface area contributed by atoms with Crippen molar-refractivity contribution >= 4 is 5.69 Å². The molecule has 0 bridgehead atoms. The average Bonchev–Trinajstić information content (AvgIpc) is 2.83. The van der Waals surface area contributed by atoms with Gasteiger partial charge in [-0.15, -0.1) is 0 Å². The predicted molar refractivity (Wildman–Crippen MR) is 73.8 cm³/mol. The van der Waals surface area contributed by atoms with Gasteiger partial charge in [-0.2, -0.15) is 0 Å². The fourth-order valence-corrected chi connectivity index (χ4v) is 1.99. The second-order valence-electron chi connectivity index (χ2n) is 4.75. The Morgan fingerprint density at radius 2 is 2.11 bits per heavy atom. The SMILES string of the molecule is Cc1ccc(NC(C)CCc2ccco2)c(C)n1. The van der Waals surface area contributed by atoms with Gasteiger partial charge in [-0.3, -0.25) is 4.98 Å². The van der Waals surface area contributed by atoms with E-state index >= 15 is 0 Å². The van der Waals surface area contributed by atoms with Gasteiger partial charge in [0.15, 0.2) is 0 Å². The van der Waals surface area contributed by atoms with E-state index in [0.717, 1.165) is 35.7 Å². The van der Waals surface area contributed by atoms with Crippen molar-refractivity contribution in [3.8, 4) is 0 Å². The Morgan fingerprint density at radius 3 is 2.78 bits per heavy atom. The fourth-order valence-electron chi connectivity index (χ4n) is 1.99. The quantitative estimate of drug-likeness (QED) is 0.871. The molecule has 1 unspecified atom stereocenters. The average molecular weight is 244 g/mol. The van der Waals surface area contributed by atoms with Gasteiger partial charge in [-0.25, -0.2) is 0 Å². The number of hydrogen-bond acceptors (Lipinski definition) is 3. The number of furan rings is 1. The van der Waals surface area contributed by atoms with Crippen molar-refractivity contribution < 1.29 is 4.42 Å². The zero-order chi connectivity index (χ0) is 13.0. The van der Waals surface area contributed by atoms with Crippen LogP contribution in [0, 0.1) is 13.8 Å². The number of aromatic nitrogens is 1. The molecule has 2 rings (SSSR count). The highest BCUT2D eigenvalue weighted by atomic mass is 16.3. The van der Waals surface area contributed by atoms with E-state index in [2.05, 4.69) is 23.3 Å². The molecule has 3 heteroatoms. The number of rotatable bonds is 5. The van der Waals surface area contributed by atoms with Crippen LogP contribution in [0.1, 0.15) is 30.5 Å². The van der Waals surface area contributed by atoms with Crippen LogP contribution in [0.5, 0.6) is 0 Å². The molecule has 0 amide bonds. The second kappa shape index (κ2) is 5.71. The maximum atomic E-state index is 5.33. The van der Waals surface area contributed by atoms with E-state index in [1.807, 2.05) is 32.0 Å². The van der Waals surface area contributed by atoms with E-state index < -0.39 is 0 Å². The minimum absolute atomic E-state index is 0.401. The Morgan fingerprint density at radius 1 is 1.28 bits per heavy atom. The number of hydrogen-bond donors (Lipinski definition) is 1. The molecule has 0 aliphatic heterocycles. The van der Waals surface area contributed by atoms with E-state index in [1.165, 1.54) is 0 Å². The monoisotopic (exact) mass is 244 g/mol. The minimum Gasteiger partial charge on any atom is -0.469 e. The number of anilines is 1. The standard InChI is InChI=1S/C15H20N2O/c1-11-7-9-15(13(3)16-11)17-12(2)6-8-14-5-4-10-18-14/h4-5,7,9-10,12,17H,6,8H2,1-3H3. The van der Waals surface area contributed by atoms with Gasteiger partial charge >= 0.3 is 0 Å². The van der Waals surface area contributed by atoms with E-state index in [1.54, 1.807) is 6.26 Å². The third-order valence-electron chi connectivity index (χ3n) is 3.03. The molecule has 0 saturated carbocycles. The topological polar surface area (TPSA) is 38.1 Å². The highest BCUT2D eigenvalue weighted by Crippen LogP contribution is 2.15. The van der Waals surface area contributed by atoms with Gasteiger partial charge < -0.3 is 9.73 Å². The summed E-state index contributed by atoms with van der Waals surface area (Å²) >= 11 is 0. The summed E-state index contributed by atoms with van der Waals surface area (Å²) < 4.78 is 5.33. The molecule has 2 heterocycles. The zero-order valence-corrected chi connectivity index (χ0v) is 11.2. The Kier molecular flexibility index (Phi) is 4.03. The normalized spacial score (nSPS) is 12.4. The molecule has 2 aromatic rings. The van der Waals surface area contributed by atoms with Gasteiger partial charge in [-0.05, 0) is 51.5 Å². The summed E-state index contributed by atoms with van der Waals surface area (Å²) in [6, 6.07) is 8.49. The van der Waals surface area contributed by atoms with E-state index in [0.29, 0.717) is 6.04 Å². The number of aryl methyl sites for hydroxylation is 3. The van der Waals surface area contributed by atoms with Crippen LogP contribution in [-0.2, 0) is 6.42 Å². The maximum absolute atomic E-state index is 5.33. The molecule has 0 radical (unpaired) electrons. The maximum Gasteiger partial charge on any atom is 0.103 e. The fraction of sp³-hybridized carbons (Fsp3) is 0.400. The van der Waals surface area contributed by atoms with Crippen LogP contribution in [-0.4, -0.2) is 11.0 Å². The molecule has 3 nitrogen and oxygen atoms in total. The van der Waals surface area contributed by atoms with Gasteiger partial charge in [0.25, 0.3) is 0 Å². The second-order valence-corrected chi connectivity index (χ2v) is 4.75. The predicted octanol–water partition coefficient (Wildman–Crippen LogP) is 3.72. The molecule has 0 spiro atoms. The molecular weight excluding hydrogens is 224 g/mol. The molecule has 0 aliphatic rings. The van der Waals surface area contributed by atoms with Crippen LogP contribution < -0.4 is 5.32 Å². The summed E-state index contributed by atoms with van der Waals surface area (Å²) in [5, 5.41) is 3.50. The lowest BCUT2D eigenvalue weighted by Gasteiger charge is -2.16. The molecule has 0 saturated heterocycles. The first-order valence-corrected chi connectivity index (χ1v) is 6.38. The van der Waals surface area contributed by atoms with E-state index in [9.17, 15) is 0 Å². The van der Waals surface area contributed by atoms with Crippen molar-refractivity contribution in [2.45, 2.75) is 39.7 Å². The molecule has 0 fully saturated rings.